The summed E-state index contributed by atoms with van der Waals surface area (Å²) in [5, 5.41) is 6.74. The van der Waals surface area contributed by atoms with Crippen molar-refractivity contribution in [2.45, 2.75) is 52.1 Å². The lowest BCUT2D eigenvalue weighted by Gasteiger charge is -2.29. The van der Waals surface area contributed by atoms with Crippen molar-refractivity contribution in [3.05, 3.63) is 39.3 Å². The second-order valence-corrected chi connectivity index (χ2v) is 7.16. The van der Waals surface area contributed by atoms with Gasteiger partial charge in [-0.3, -0.25) is 9.58 Å². The summed E-state index contributed by atoms with van der Waals surface area (Å²) in [5.41, 5.74) is 4.00. The van der Waals surface area contributed by atoms with Gasteiger partial charge in [-0.1, -0.05) is 12.8 Å². The molecule has 114 valence electrons. The van der Waals surface area contributed by atoms with Crippen LogP contribution in [-0.4, -0.2) is 21.2 Å². The van der Waals surface area contributed by atoms with E-state index < -0.39 is 0 Å². The molecule has 0 saturated carbocycles. The molecule has 3 rings (SSSR count). The summed E-state index contributed by atoms with van der Waals surface area (Å²) in [5.74, 6) is 0. The summed E-state index contributed by atoms with van der Waals surface area (Å²) in [6.45, 7) is 6.61. The highest BCUT2D eigenvalue weighted by Gasteiger charge is 2.25. The van der Waals surface area contributed by atoms with E-state index in [4.69, 9.17) is 0 Å². The Bertz CT molecular complexity index is 599. The molecule has 0 bridgehead atoms. The molecule has 1 aliphatic rings. The van der Waals surface area contributed by atoms with Crippen molar-refractivity contribution in [2.75, 3.05) is 6.54 Å². The Balaban J connectivity index is 1.85. The van der Waals surface area contributed by atoms with Crippen molar-refractivity contribution in [1.82, 2.24) is 14.7 Å². The maximum absolute atomic E-state index is 4.50. The van der Waals surface area contributed by atoms with Gasteiger partial charge in [-0.25, -0.2) is 0 Å². The number of nitrogens with zero attached hydrogens (tertiary/aromatic N) is 3. The highest BCUT2D eigenvalue weighted by Crippen LogP contribution is 2.36. The first kappa shape index (κ1) is 14.8. The van der Waals surface area contributed by atoms with Crippen molar-refractivity contribution in [3.63, 3.8) is 0 Å². The third-order valence-corrected chi connectivity index (χ3v) is 5.68. The molecule has 1 fully saturated rings. The first-order valence-corrected chi connectivity index (χ1v) is 8.80. The number of thiophene rings is 1. The van der Waals surface area contributed by atoms with Crippen LogP contribution in [0.4, 0.5) is 0 Å². The average molecular weight is 303 g/mol. The van der Waals surface area contributed by atoms with Gasteiger partial charge in [-0.2, -0.15) is 5.10 Å². The maximum atomic E-state index is 4.50. The molecule has 0 N–H and O–H groups in total. The van der Waals surface area contributed by atoms with Gasteiger partial charge in [0.2, 0.25) is 0 Å². The quantitative estimate of drug-likeness (QED) is 0.846. The van der Waals surface area contributed by atoms with Crippen molar-refractivity contribution in [2.24, 2.45) is 7.05 Å². The lowest BCUT2D eigenvalue weighted by atomic mass is 10.0. The van der Waals surface area contributed by atoms with Gasteiger partial charge >= 0.3 is 0 Å². The van der Waals surface area contributed by atoms with Crippen molar-refractivity contribution in [1.29, 1.82) is 0 Å². The topological polar surface area (TPSA) is 21.1 Å². The fraction of sp³-hybridized carbons (Fsp3) is 0.588. The minimum Gasteiger partial charge on any atom is -0.291 e. The zero-order chi connectivity index (χ0) is 14.8. The fourth-order valence-electron chi connectivity index (χ4n) is 3.40. The molecule has 1 aliphatic heterocycles. The van der Waals surface area contributed by atoms with Crippen LogP contribution in [-0.2, 0) is 13.6 Å². The fourth-order valence-corrected chi connectivity index (χ4v) is 4.50. The molecule has 3 nitrogen and oxygen atoms in total. The largest absolute Gasteiger partial charge is 0.291 e. The van der Waals surface area contributed by atoms with Gasteiger partial charge in [-0.05, 0) is 50.2 Å². The normalized spacial score (nSPS) is 20.6. The van der Waals surface area contributed by atoms with E-state index in [-0.39, 0.29) is 0 Å². The Morgan fingerprint density at radius 3 is 2.81 bits per heavy atom. The number of hydrogen-bond donors (Lipinski definition) is 0. The molecule has 21 heavy (non-hydrogen) atoms. The second kappa shape index (κ2) is 6.32. The number of likely N-dealkylation sites (tertiary alicyclic amines) is 1. The minimum absolute atomic E-state index is 0.590. The van der Waals surface area contributed by atoms with Crippen LogP contribution in [0.2, 0.25) is 0 Å². The molecule has 0 unspecified atom stereocenters. The van der Waals surface area contributed by atoms with Gasteiger partial charge in [-0.15, -0.1) is 11.3 Å². The molecule has 2 aromatic heterocycles. The van der Waals surface area contributed by atoms with Crippen LogP contribution in [0.15, 0.2) is 17.6 Å². The Kier molecular flexibility index (Phi) is 4.45. The second-order valence-electron chi connectivity index (χ2n) is 6.22. The predicted octanol–water partition coefficient (Wildman–Crippen LogP) is 4.22. The summed E-state index contributed by atoms with van der Waals surface area (Å²) >= 11 is 1.93. The Morgan fingerprint density at radius 2 is 2.14 bits per heavy atom. The maximum Gasteiger partial charge on any atom is 0.0638 e. The van der Waals surface area contributed by atoms with Gasteiger partial charge in [0.05, 0.1) is 5.69 Å². The highest BCUT2D eigenvalue weighted by atomic mass is 32.1. The monoisotopic (exact) mass is 303 g/mol. The molecule has 1 atom stereocenters. The van der Waals surface area contributed by atoms with E-state index in [0.717, 1.165) is 6.54 Å². The molecular weight excluding hydrogens is 278 g/mol. The Morgan fingerprint density at radius 1 is 1.29 bits per heavy atom. The number of rotatable bonds is 3. The SMILES string of the molecule is Cc1ccsc1[C@@H]1CCCCCN1Cc1cn(C)nc1C. The van der Waals surface area contributed by atoms with Gasteiger partial charge in [0.15, 0.2) is 0 Å². The van der Waals surface area contributed by atoms with Crippen molar-refractivity contribution in [3.8, 4) is 0 Å². The minimum atomic E-state index is 0.590. The van der Waals surface area contributed by atoms with Gasteiger partial charge in [0.1, 0.15) is 0 Å². The van der Waals surface area contributed by atoms with E-state index in [1.807, 2.05) is 23.1 Å². The third kappa shape index (κ3) is 3.22. The van der Waals surface area contributed by atoms with E-state index in [9.17, 15) is 0 Å². The standard InChI is InChI=1S/C17H25N3S/c1-13-8-10-21-17(13)16-7-5-4-6-9-20(16)12-15-11-19(3)18-14(15)2/h8,10-11,16H,4-7,9,12H2,1-3H3/t16-/m0/s1. The van der Waals surface area contributed by atoms with Gasteiger partial charge < -0.3 is 0 Å². The number of aryl methyl sites for hydroxylation is 3. The molecule has 0 aromatic carbocycles. The molecule has 0 radical (unpaired) electrons. The van der Waals surface area contributed by atoms with Crippen LogP contribution in [0.3, 0.4) is 0 Å². The van der Waals surface area contributed by atoms with Gasteiger partial charge in [0, 0.05) is 36.3 Å². The number of aromatic nitrogens is 2. The van der Waals surface area contributed by atoms with E-state index in [2.05, 4.69) is 41.5 Å². The zero-order valence-electron chi connectivity index (χ0n) is 13.3. The van der Waals surface area contributed by atoms with Crippen LogP contribution >= 0.6 is 11.3 Å². The van der Waals surface area contributed by atoms with E-state index in [1.54, 1.807) is 4.88 Å². The zero-order valence-corrected chi connectivity index (χ0v) is 14.1. The van der Waals surface area contributed by atoms with Crippen molar-refractivity contribution >= 4 is 11.3 Å². The first-order valence-electron chi connectivity index (χ1n) is 7.92. The Labute approximate surface area is 131 Å². The van der Waals surface area contributed by atoms with E-state index >= 15 is 0 Å². The lowest BCUT2D eigenvalue weighted by molar-refractivity contribution is 0.194. The van der Waals surface area contributed by atoms with Crippen molar-refractivity contribution < 1.29 is 0 Å². The average Bonchev–Trinajstić information content (AvgIpc) is 2.90. The molecule has 3 heterocycles. The smallest absolute Gasteiger partial charge is 0.0638 e. The summed E-state index contributed by atoms with van der Waals surface area (Å²) < 4.78 is 1.94. The lowest BCUT2D eigenvalue weighted by Crippen LogP contribution is -2.28. The summed E-state index contributed by atoms with van der Waals surface area (Å²) in [7, 11) is 2.01. The van der Waals surface area contributed by atoms with Gasteiger partial charge in [0.25, 0.3) is 0 Å². The summed E-state index contributed by atoms with van der Waals surface area (Å²) in [6, 6.07) is 2.85. The number of hydrogen-bond acceptors (Lipinski definition) is 3. The van der Waals surface area contributed by atoms with Crippen LogP contribution in [0.1, 0.15) is 53.4 Å². The van der Waals surface area contributed by atoms with E-state index in [1.165, 1.54) is 49.0 Å². The van der Waals surface area contributed by atoms with Crippen LogP contribution in [0.25, 0.3) is 0 Å². The third-order valence-electron chi connectivity index (χ3n) is 4.56. The van der Waals surface area contributed by atoms with E-state index in [0.29, 0.717) is 6.04 Å². The molecule has 0 aliphatic carbocycles. The summed E-state index contributed by atoms with van der Waals surface area (Å²) in [6.07, 6.45) is 7.51. The molecule has 0 spiro atoms. The summed E-state index contributed by atoms with van der Waals surface area (Å²) in [4.78, 5) is 4.24. The van der Waals surface area contributed by atoms with Crippen LogP contribution < -0.4 is 0 Å². The molecule has 4 heteroatoms. The molecule has 2 aromatic rings. The van der Waals surface area contributed by atoms with Crippen LogP contribution in [0.5, 0.6) is 0 Å². The molecule has 0 amide bonds. The highest BCUT2D eigenvalue weighted by molar-refractivity contribution is 7.10. The predicted molar refractivity (Wildman–Crippen MR) is 88.6 cm³/mol. The Hall–Kier alpha value is -1.13. The molecule has 1 saturated heterocycles. The first-order chi connectivity index (χ1) is 10.1. The van der Waals surface area contributed by atoms with Crippen LogP contribution in [0, 0.1) is 13.8 Å². The molecular formula is C17H25N3S.